The number of rotatable bonds is 1. The van der Waals surface area contributed by atoms with E-state index in [1.807, 2.05) is 33.8 Å². The first-order chi connectivity index (χ1) is 8.33. The molecule has 0 atom stereocenters. The van der Waals surface area contributed by atoms with E-state index in [1.54, 1.807) is 0 Å². The maximum absolute atomic E-state index is 4.12. The monoisotopic (exact) mass is 230 g/mol. The van der Waals surface area contributed by atoms with Gasteiger partial charge >= 0.3 is 0 Å². The van der Waals surface area contributed by atoms with Gasteiger partial charge in [-0.2, -0.15) is 0 Å². The minimum Gasteiger partial charge on any atom is -0.0984 e. The number of hydrogen-bond donors (Lipinski definition) is 0. The first kappa shape index (κ1) is 15.7. The molecule has 17 heavy (non-hydrogen) atoms. The molecule has 0 bridgehead atoms. The first-order valence-corrected chi connectivity index (χ1v) is 6.75. The number of benzene rings is 1. The van der Waals surface area contributed by atoms with Crippen LogP contribution in [0.5, 0.6) is 0 Å². The Morgan fingerprint density at radius 1 is 1.06 bits per heavy atom. The predicted octanol–water partition coefficient (Wildman–Crippen LogP) is 5.73. The van der Waals surface area contributed by atoms with Crippen LogP contribution < -0.4 is 0 Å². The minimum atomic E-state index is 1.14. The van der Waals surface area contributed by atoms with Crippen LogP contribution in [0.2, 0.25) is 0 Å². The number of fused-ring (bicyclic) bond motifs is 1. The van der Waals surface area contributed by atoms with Crippen LogP contribution >= 0.6 is 0 Å². The fraction of sp³-hybridized carbons (Fsp3) is 0.412. The van der Waals surface area contributed by atoms with E-state index in [9.17, 15) is 0 Å². The van der Waals surface area contributed by atoms with Crippen LogP contribution in [-0.4, -0.2) is 0 Å². The van der Waals surface area contributed by atoms with Gasteiger partial charge in [-0.15, -0.1) is 0 Å². The quantitative estimate of drug-likeness (QED) is 0.578. The third-order valence-corrected chi connectivity index (χ3v) is 2.68. The molecular formula is C17H26. The van der Waals surface area contributed by atoms with Gasteiger partial charge in [-0.1, -0.05) is 65.1 Å². The number of hydrogen-bond acceptors (Lipinski definition) is 0. The third kappa shape index (κ3) is 3.89. The molecule has 0 aliphatic heterocycles. The molecule has 94 valence electrons. The van der Waals surface area contributed by atoms with Crippen LogP contribution in [-0.2, 0) is 6.42 Å². The molecule has 1 aliphatic rings. The molecule has 0 amide bonds. The van der Waals surface area contributed by atoms with Crippen molar-refractivity contribution >= 4 is 11.6 Å². The zero-order chi connectivity index (χ0) is 13.3. The number of aryl methyl sites for hydroxylation is 1. The summed E-state index contributed by atoms with van der Waals surface area (Å²) in [4.78, 5) is 0. The molecule has 0 nitrogen and oxygen atoms in total. The van der Waals surface area contributed by atoms with Gasteiger partial charge in [0, 0.05) is 0 Å². The molecule has 0 heteroatoms. The Bertz CT molecular complexity index is 358. The highest BCUT2D eigenvalue weighted by atomic mass is 14.2. The van der Waals surface area contributed by atoms with E-state index in [0.29, 0.717) is 0 Å². The highest BCUT2D eigenvalue weighted by Crippen LogP contribution is 2.32. The third-order valence-electron chi connectivity index (χ3n) is 2.68. The Kier molecular flexibility index (Phi) is 8.13. The fourth-order valence-corrected chi connectivity index (χ4v) is 2.05. The van der Waals surface area contributed by atoms with Crippen molar-refractivity contribution in [3.63, 3.8) is 0 Å². The van der Waals surface area contributed by atoms with Crippen molar-refractivity contribution in [2.75, 3.05) is 0 Å². The van der Waals surface area contributed by atoms with Gasteiger partial charge in [-0.3, -0.25) is 0 Å². The summed E-state index contributed by atoms with van der Waals surface area (Å²) in [6.07, 6.45) is 5.50. The standard InChI is InChI=1S/C13H14.2C2H6/c1-3-11-7-5-9-12-8-4-6-10(2)13(11)12;2*1-2/h3,5,7,9H,1-2,4,6,8H2;2*1-2H3. The lowest BCUT2D eigenvalue weighted by molar-refractivity contribution is 0.823. The summed E-state index contributed by atoms with van der Waals surface area (Å²) in [6.45, 7) is 15.9. The van der Waals surface area contributed by atoms with E-state index < -0.39 is 0 Å². The lowest BCUT2D eigenvalue weighted by Crippen LogP contribution is -2.02. The van der Waals surface area contributed by atoms with Gasteiger partial charge < -0.3 is 0 Å². The van der Waals surface area contributed by atoms with Crippen molar-refractivity contribution in [3.8, 4) is 0 Å². The summed E-state index contributed by atoms with van der Waals surface area (Å²) in [7, 11) is 0. The SMILES string of the molecule is C=Cc1cccc2c1C(=C)CCC2.CC.CC. The normalized spacial score (nSPS) is 12.4. The van der Waals surface area contributed by atoms with Crippen molar-refractivity contribution in [1.29, 1.82) is 0 Å². The highest BCUT2D eigenvalue weighted by Gasteiger charge is 2.13. The van der Waals surface area contributed by atoms with Crippen LogP contribution in [0.25, 0.3) is 11.6 Å². The van der Waals surface area contributed by atoms with E-state index in [-0.39, 0.29) is 0 Å². The average Bonchev–Trinajstić information content (AvgIpc) is 2.43. The van der Waals surface area contributed by atoms with Crippen molar-refractivity contribution in [3.05, 3.63) is 48.0 Å². The topological polar surface area (TPSA) is 0 Å². The Balaban J connectivity index is 0.000000581. The predicted molar refractivity (Wildman–Crippen MR) is 81.2 cm³/mol. The molecule has 0 aromatic heterocycles. The molecule has 0 spiro atoms. The van der Waals surface area contributed by atoms with Crippen molar-refractivity contribution in [2.24, 2.45) is 0 Å². The van der Waals surface area contributed by atoms with E-state index in [1.165, 1.54) is 35.1 Å². The summed E-state index contributed by atoms with van der Waals surface area (Å²) in [5, 5.41) is 0. The number of allylic oxidation sites excluding steroid dienone is 1. The smallest absolute Gasteiger partial charge is 0.0126 e. The lowest BCUT2D eigenvalue weighted by Gasteiger charge is -2.20. The molecule has 1 aromatic carbocycles. The first-order valence-electron chi connectivity index (χ1n) is 6.75. The Morgan fingerprint density at radius 3 is 2.29 bits per heavy atom. The minimum absolute atomic E-state index is 1.14. The van der Waals surface area contributed by atoms with Crippen molar-refractivity contribution in [1.82, 2.24) is 0 Å². The largest absolute Gasteiger partial charge is 0.0984 e. The van der Waals surface area contributed by atoms with E-state index in [2.05, 4.69) is 31.4 Å². The zero-order valence-electron chi connectivity index (χ0n) is 11.8. The molecule has 0 fully saturated rings. The molecule has 0 saturated heterocycles. The van der Waals surface area contributed by atoms with Crippen LogP contribution in [0, 0.1) is 0 Å². The second-order valence-electron chi connectivity index (χ2n) is 3.54. The molecule has 2 rings (SSSR count). The molecule has 1 aromatic rings. The van der Waals surface area contributed by atoms with Crippen LogP contribution in [0.3, 0.4) is 0 Å². The molecule has 0 radical (unpaired) electrons. The second kappa shape index (κ2) is 8.81. The Hall–Kier alpha value is -1.30. The summed E-state index contributed by atoms with van der Waals surface area (Å²) >= 11 is 0. The van der Waals surface area contributed by atoms with Gasteiger partial charge in [0.15, 0.2) is 0 Å². The van der Waals surface area contributed by atoms with E-state index in [4.69, 9.17) is 0 Å². The van der Waals surface area contributed by atoms with Gasteiger partial charge in [-0.25, -0.2) is 0 Å². The molecular weight excluding hydrogens is 204 g/mol. The summed E-state index contributed by atoms with van der Waals surface area (Å²) in [6, 6.07) is 6.42. The summed E-state index contributed by atoms with van der Waals surface area (Å²) < 4.78 is 0. The van der Waals surface area contributed by atoms with E-state index in [0.717, 1.165) is 6.42 Å². The van der Waals surface area contributed by atoms with Gasteiger partial charge in [0.2, 0.25) is 0 Å². The highest BCUT2D eigenvalue weighted by molar-refractivity contribution is 5.76. The maximum Gasteiger partial charge on any atom is -0.0126 e. The molecule has 0 unspecified atom stereocenters. The summed E-state index contributed by atoms with van der Waals surface area (Å²) in [5.41, 5.74) is 5.30. The molecule has 0 N–H and O–H groups in total. The van der Waals surface area contributed by atoms with Gasteiger partial charge in [0.25, 0.3) is 0 Å². The van der Waals surface area contributed by atoms with Crippen LogP contribution in [0.15, 0.2) is 31.4 Å². The van der Waals surface area contributed by atoms with Gasteiger partial charge in [0.05, 0.1) is 0 Å². The Morgan fingerprint density at radius 2 is 1.71 bits per heavy atom. The van der Waals surface area contributed by atoms with Crippen LogP contribution in [0.4, 0.5) is 0 Å². The lowest BCUT2D eigenvalue weighted by atomic mass is 9.85. The van der Waals surface area contributed by atoms with Crippen molar-refractivity contribution < 1.29 is 0 Å². The van der Waals surface area contributed by atoms with Crippen molar-refractivity contribution in [2.45, 2.75) is 47.0 Å². The molecule has 0 saturated carbocycles. The van der Waals surface area contributed by atoms with Gasteiger partial charge in [-0.05, 0) is 41.5 Å². The molecule has 1 aliphatic carbocycles. The molecule has 0 heterocycles. The summed E-state index contributed by atoms with van der Waals surface area (Å²) in [5.74, 6) is 0. The van der Waals surface area contributed by atoms with Gasteiger partial charge in [0.1, 0.15) is 0 Å². The average molecular weight is 230 g/mol. The fourth-order valence-electron chi connectivity index (χ4n) is 2.05. The zero-order valence-corrected chi connectivity index (χ0v) is 11.8. The second-order valence-corrected chi connectivity index (χ2v) is 3.54. The van der Waals surface area contributed by atoms with E-state index >= 15 is 0 Å². The maximum atomic E-state index is 4.12. The Labute approximate surface area is 107 Å². The van der Waals surface area contributed by atoms with Crippen LogP contribution in [0.1, 0.15) is 57.2 Å².